The number of fused-ring (bicyclic) bond motifs is 1. The van der Waals surface area contributed by atoms with Crippen molar-refractivity contribution in [2.75, 3.05) is 6.54 Å². The maximum Gasteiger partial charge on any atom is 0.322 e. The zero-order chi connectivity index (χ0) is 13.3. The van der Waals surface area contributed by atoms with Crippen LogP contribution in [0.2, 0.25) is 0 Å². The summed E-state index contributed by atoms with van der Waals surface area (Å²) in [6.07, 6.45) is 0. The van der Waals surface area contributed by atoms with Gasteiger partial charge in [-0.2, -0.15) is 11.8 Å². The molecule has 2 heterocycles. The van der Waals surface area contributed by atoms with Gasteiger partial charge in [0.25, 0.3) is 11.5 Å². The Morgan fingerprint density at radius 3 is 2.78 bits per heavy atom. The molecular formula is C10H10N2O5S. The monoisotopic (exact) mass is 270 g/mol. The summed E-state index contributed by atoms with van der Waals surface area (Å²) in [5.41, 5.74) is -0.00787. The Hall–Kier alpha value is -1.96. The van der Waals surface area contributed by atoms with E-state index in [0.717, 1.165) is 0 Å². The maximum atomic E-state index is 11.7. The number of amides is 1. The molecule has 0 spiro atoms. The van der Waals surface area contributed by atoms with Gasteiger partial charge in [0.05, 0.1) is 0 Å². The zero-order valence-corrected chi connectivity index (χ0v) is 9.97. The molecule has 0 fully saturated rings. The standard InChI is InChI=1S/C10H10N2O5S/c13-6(14)1-11-9(16)7-8(15)4-2-18-3-5(4)12-10(7)17/h1-3H2,(H,11,16)(H,13,14)(H2,12,15,17). The Morgan fingerprint density at radius 1 is 1.39 bits per heavy atom. The van der Waals surface area contributed by atoms with Gasteiger partial charge < -0.3 is 20.5 Å². The van der Waals surface area contributed by atoms with E-state index in [1.54, 1.807) is 0 Å². The number of thioether (sulfide) groups is 1. The van der Waals surface area contributed by atoms with E-state index >= 15 is 0 Å². The van der Waals surface area contributed by atoms with E-state index in [-0.39, 0.29) is 5.75 Å². The molecule has 0 unspecified atom stereocenters. The third-order valence-corrected chi connectivity index (χ3v) is 3.48. The molecule has 1 aromatic rings. The number of carbonyl (C=O) groups is 2. The van der Waals surface area contributed by atoms with Crippen LogP contribution in [0.1, 0.15) is 21.6 Å². The van der Waals surface area contributed by atoms with Crippen LogP contribution in [-0.2, 0) is 16.3 Å². The zero-order valence-electron chi connectivity index (χ0n) is 9.15. The van der Waals surface area contributed by atoms with Crippen molar-refractivity contribution in [2.24, 2.45) is 0 Å². The molecular weight excluding hydrogens is 260 g/mol. The summed E-state index contributed by atoms with van der Waals surface area (Å²) < 4.78 is 0. The van der Waals surface area contributed by atoms with Crippen molar-refractivity contribution in [3.8, 4) is 5.75 Å². The van der Waals surface area contributed by atoms with Crippen LogP contribution in [0.15, 0.2) is 4.79 Å². The molecule has 0 aromatic carbocycles. The predicted octanol–water partition coefficient (Wildman–Crippen LogP) is -0.358. The minimum absolute atomic E-state index is 0.360. The van der Waals surface area contributed by atoms with Crippen LogP contribution >= 0.6 is 11.8 Å². The number of hydrogen-bond donors (Lipinski definition) is 4. The number of aromatic hydroxyl groups is 1. The SMILES string of the molecule is O=C(O)CNC(=O)c1c(O)c2c([nH]c1=O)CSC2. The molecule has 1 aliphatic heterocycles. The number of rotatable bonds is 3. The number of carbonyl (C=O) groups excluding carboxylic acids is 1. The summed E-state index contributed by atoms with van der Waals surface area (Å²) in [6.45, 7) is -0.608. The molecule has 0 atom stereocenters. The molecule has 4 N–H and O–H groups in total. The van der Waals surface area contributed by atoms with E-state index in [2.05, 4.69) is 4.98 Å². The lowest BCUT2D eigenvalue weighted by atomic mass is 10.1. The predicted molar refractivity (Wildman–Crippen MR) is 63.7 cm³/mol. The summed E-state index contributed by atoms with van der Waals surface area (Å²) in [5, 5.41) is 20.4. The summed E-state index contributed by atoms with van der Waals surface area (Å²) in [6, 6.07) is 0. The van der Waals surface area contributed by atoms with Gasteiger partial charge in [0.2, 0.25) is 0 Å². The molecule has 1 aliphatic rings. The van der Waals surface area contributed by atoms with Gasteiger partial charge in [-0.3, -0.25) is 14.4 Å². The molecule has 0 bridgehead atoms. The van der Waals surface area contributed by atoms with Gasteiger partial charge >= 0.3 is 5.97 Å². The molecule has 18 heavy (non-hydrogen) atoms. The lowest BCUT2D eigenvalue weighted by Gasteiger charge is -2.07. The van der Waals surface area contributed by atoms with Gasteiger partial charge in [-0.15, -0.1) is 0 Å². The Labute approximate surface area is 105 Å². The number of carboxylic acid groups (broad SMARTS) is 1. The summed E-state index contributed by atoms with van der Waals surface area (Å²) in [7, 11) is 0. The minimum Gasteiger partial charge on any atom is -0.507 e. The van der Waals surface area contributed by atoms with Gasteiger partial charge in [0.1, 0.15) is 17.9 Å². The van der Waals surface area contributed by atoms with Crippen molar-refractivity contribution in [2.45, 2.75) is 11.5 Å². The van der Waals surface area contributed by atoms with Crippen molar-refractivity contribution in [3.63, 3.8) is 0 Å². The summed E-state index contributed by atoms with van der Waals surface area (Å²) in [4.78, 5) is 36.1. The second-order valence-electron chi connectivity index (χ2n) is 3.70. The van der Waals surface area contributed by atoms with Crippen molar-refractivity contribution < 1.29 is 19.8 Å². The first-order chi connectivity index (χ1) is 8.50. The number of aromatic nitrogens is 1. The number of pyridine rings is 1. The molecule has 0 radical (unpaired) electrons. The number of H-pyrrole nitrogens is 1. The Balaban J connectivity index is 2.36. The van der Waals surface area contributed by atoms with Crippen molar-refractivity contribution >= 4 is 23.6 Å². The first-order valence-electron chi connectivity index (χ1n) is 5.05. The smallest absolute Gasteiger partial charge is 0.322 e. The molecule has 0 saturated heterocycles. The largest absolute Gasteiger partial charge is 0.507 e. The minimum atomic E-state index is -1.23. The van der Waals surface area contributed by atoms with Gasteiger partial charge in [-0.1, -0.05) is 0 Å². The molecule has 1 aromatic heterocycles. The highest BCUT2D eigenvalue weighted by Gasteiger charge is 2.25. The number of aliphatic carboxylic acids is 1. The van der Waals surface area contributed by atoms with Crippen molar-refractivity contribution in [3.05, 3.63) is 27.2 Å². The lowest BCUT2D eigenvalue weighted by Crippen LogP contribution is -2.33. The molecule has 2 rings (SSSR count). The van der Waals surface area contributed by atoms with Crippen LogP contribution in [0, 0.1) is 0 Å². The van der Waals surface area contributed by atoms with Gasteiger partial charge in [0.15, 0.2) is 0 Å². The van der Waals surface area contributed by atoms with E-state index < -0.39 is 29.5 Å². The molecule has 1 amide bonds. The number of nitrogens with one attached hydrogen (secondary N) is 2. The number of hydrogen-bond acceptors (Lipinski definition) is 5. The van der Waals surface area contributed by atoms with E-state index in [4.69, 9.17) is 5.11 Å². The molecule has 0 aliphatic carbocycles. The highest BCUT2D eigenvalue weighted by atomic mass is 32.2. The molecule has 7 nitrogen and oxygen atoms in total. The lowest BCUT2D eigenvalue weighted by molar-refractivity contribution is -0.135. The third-order valence-electron chi connectivity index (χ3n) is 2.50. The van der Waals surface area contributed by atoms with Crippen molar-refractivity contribution in [1.82, 2.24) is 10.3 Å². The Morgan fingerprint density at radius 2 is 2.11 bits per heavy atom. The highest BCUT2D eigenvalue weighted by molar-refractivity contribution is 7.98. The second-order valence-corrected chi connectivity index (χ2v) is 4.69. The average Bonchev–Trinajstić information content (AvgIpc) is 2.74. The molecule has 8 heteroatoms. The quantitative estimate of drug-likeness (QED) is 0.595. The first kappa shape index (κ1) is 12.5. The molecule has 96 valence electrons. The molecule has 0 saturated carbocycles. The van der Waals surface area contributed by atoms with E-state index in [0.29, 0.717) is 22.8 Å². The topological polar surface area (TPSA) is 119 Å². The Kier molecular flexibility index (Phi) is 3.28. The van der Waals surface area contributed by atoms with Crippen LogP contribution in [0.4, 0.5) is 0 Å². The van der Waals surface area contributed by atoms with Crippen LogP contribution in [0.3, 0.4) is 0 Å². The van der Waals surface area contributed by atoms with Gasteiger partial charge in [0, 0.05) is 22.8 Å². The van der Waals surface area contributed by atoms with Gasteiger partial charge in [-0.25, -0.2) is 0 Å². The van der Waals surface area contributed by atoms with Crippen LogP contribution in [0.25, 0.3) is 0 Å². The average molecular weight is 270 g/mol. The Bertz CT molecular complexity index is 580. The summed E-state index contributed by atoms with van der Waals surface area (Å²) in [5.74, 6) is -1.39. The van der Waals surface area contributed by atoms with Crippen LogP contribution in [0.5, 0.6) is 5.75 Å². The fourth-order valence-electron chi connectivity index (χ4n) is 1.67. The number of carboxylic acids is 1. The first-order valence-corrected chi connectivity index (χ1v) is 6.21. The second kappa shape index (κ2) is 4.73. The van der Waals surface area contributed by atoms with E-state index in [1.807, 2.05) is 5.32 Å². The fourth-order valence-corrected chi connectivity index (χ4v) is 2.73. The normalized spacial score (nSPS) is 13.1. The van der Waals surface area contributed by atoms with Crippen molar-refractivity contribution in [1.29, 1.82) is 0 Å². The fraction of sp³-hybridized carbons (Fsp3) is 0.300. The van der Waals surface area contributed by atoms with Gasteiger partial charge in [-0.05, 0) is 0 Å². The van der Waals surface area contributed by atoms with E-state index in [9.17, 15) is 19.5 Å². The number of aromatic amines is 1. The van der Waals surface area contributed by atoms with Crippen LogP contribution in [-0.4, -0.2) is 33.6 Å². The third kappa shape index (κ3) is 2.19. The van der Waals surface area contributed by atoms with Crippen LogP contribution < -0.4 is 10.9 Å². The summed E-state index contributed by atoms with van der Waals surface area (Å²) >= 11 is 1.51. The maximum absolute atomic E-state index is 11.7. The van der Waals surface area contributed by atoms with E-state index in [1.165, 1.54) is 11.8 Å². The highest BCUT2D eigenvalue weighted by Crippen LogP contribution is 2.34.